The topological polar surface area (TPSA) is 110 Å². The first-order chi connectivity index (χ1) is 16.5. The van der Waals surface area contributed by atoms with Crippen LogP contribution in [0.15, 0.2) is 82.6 Å². The van der Waals surface area contributed by atoms with E-state index in [1.54, 1.807) is 43.3 Å². The second-order valence-electron chi connectivity index (χ2n) is 8.14. The summed E-state index contributed by atoms with van der Waals surface area (Å²) >= 11 is 5.91. The summed E-state index contributed by atoms with van der Waals surface area (Å²) in [5.74, 6) is -0.239. The second kappa shape index (κ2) is 9.52. The van der Waals surface area contributed by atoms with Gasteiger partial charge >= 0.3 is 0 Å². The quantitative estimate of drug-likeness (QED) is 0.517. The molecule has 0 saturated heterocycles. The number of nitrogens with one attached hydrogen (secondary N) is 1. The smallest absolute Gasteiger partial charge is 0.264 e. The number of sulfone groups is 1. The van der Waals surface area contributed by atoms with Crippen LogP contribution in [0.3, 0.4) is 0 Å². The van der Waals surface area contributed by atoms with Gasteiger partial charge in [0.2, 0.25) is 0 Å². The van der Waals surface area contributed by atoms with E-state index in [9.17, 15) is 21.6 Å². The number of halogens is 1. The fraction of sp³-hybridized carbons (Fsp3) is 0.208. The van der Waals surface area contributed by atoms with Crippen molar-refractivity contribution in [3.8, 4) is 5.75 Å². The third-order valence-corrected chi connectivity index (χ3v) is 8.77. The molecule has 0 unspecified atom stereocenters. The van der Waals surface area contributed by atoms with Gasteiger partial charge in [0.15, 0.2) is 15.9 Å². The van der Waals surface area contributed by atoms with E-state index in [1.165, 1.54) is 36.4 Å². The van der Waals surface area contributed by atoms with Crippen molar-refractivity contribution < 1.29 is 26.4 Å². The van der Waals surface area contributed by atoms with Crippen LogP contribution in [0.2, 0.25) is 5.02 Å². The van der Waals surface area contributed by atoms with Crippen LogP contribution in [0.4, 0.5) is 5.69 Å². The number of ether oxygens (including phenoxy) is 1. The Hall–Kier alpha value is -3.08. The normalized spacial score (nSPS) is 16.7. The highest BCUT2D eigenvalue weighted by Gasteiger charge is 2.37. The Labute approximate surface area is 209 Å². The second-order valence-corrected chi connectivity index (χ2v) is 12.5. The highest BCUT2D eigenvalue weighted by Crippen LogP contribution is 2.37. The highest BCUT2D eigenvalue weighted by atomic mass is 35.5. The van der Waals surface area contributed by atoms with Gasteiger partial charge in [-0.1, -0.05) is 35.9 Å². The molecule has 8 nitrogen and oxygen atoms in total. The molecule has 3 aromatic carbocycles. The van der Waals surface area contributed by atoms with E-state index in [0.29, 0.717) is 16.3 Å². The fourth-order valence-corrected chi connectivity index (χ4v) is 5.93. The third-order valence-electron chi connectivity index (χ3n) is 5.60. The molecule has 1 heterocycles. The summed E-state index contributed by atoms with van der Waals surface area (Å²) in [6.45, 7) is 1.51. The van der Waals surface area contributed by atoms with E-state index in [1.807, 2.05) is 0 Å². The first kappa shape index (κ1) is 25.0. The predicted octanol–water partition coefficient (Wildman–Crippen LogP) is 3.58. The Bertz CT molecular complexity index is 1460. The SMILES string of the molecule is C[C@@H](NC(=O)[C@@H]1CN(S(=O)(=O)c2ccc(Cl)cc2)c2ccccc2O1)c1ccc(S(C)(=O)=O)cc1. The molecule has 0 radical (unpaired) electrons. The summed E-state index contributed by atoms with van der Waals surface area (Å²) < 4.78 is 57.2. The average molecular weight is 535 g/mol. The minimum atomic E-state index is -4.00. The number of para-hydroxylation sites is 2. The number of fused-ring (bicyclic) bond motifs is 1. The Morgan fingerprint density at radius 3 is 2.20 bits per heavy atom. The molecule has 0 fully saturated rings. The van der Waals surface area contributed by atoms with Gasteiger partial charge in [-0.3, -0.25) is 9.10 Å². The minimum absolute atomic E-state index is 0.0390. The molecule has 0 saturated carbocycles. The lowest BCUT2D eigenvalue weighted by atomic mass is 10.1. The maximum Gasteiger partial charge on any atom is 0.264 e. The number of amides is 1. The number of carbonyl (C=O) groups excluding carboxylic acids is 1. The number of hydrogen-bond donors (Lipinski definition) is 1. The van der Waals surface area contributed by atoms with Crippen LogP contribution < -0.4 is 14.4 Å². The molecule has 2 atom stereocenters. The van der Waals surface area contributed by atoms with Crippen molar-refractivity contribution in [2.24, 2.45) is 0 Å². The molecular weight excluding hydrogens is 512 g/mol. The van der Waals surface area contributed by atoms with Gasteiger partial charge in [0.25, 0.3) is 15.9 Å². The van der Waals surface area contributed by atoms with Gasteiger partial charge in [-0.15, -0.1) is 0 Å². The van der Waals surface area contributed by atoms with E-state index in [2.05, 4.69) is 5.32 Å². The number of anilines is 1. The van der Waals surface area contributed by atoms with E-state index >= 15 is 0 Å². The highest BCUT2D eigenvalue weighted by molar-refractivity contribution is 7.92. The Kier molecular flexibility index (Phi) is 6.81. The van der Waals surface area contributed by atoms with Crippen molar-refractivity contribution in [2.45, 2.75) is 28.9 Å². The van der Waals surface area contributed by atoms with Gasteiger partial charge in [-0.05, 0) is 61.0 Å². The van der Waals surface area contributed by atoms with Crippen LogP contribution in [0, 0.1) is 0 Å². The summed E-state index contributed by atoms with van der Waals surface area (Å²) in [4.78, 5) is 13.3. The van der Waals surface area contributed by atoms with E-state index in [4.69, 9.17) is 16.3 Å². The molecule has 0 aliphatic carbocycles. The molecular formula is C24H23ClN2O6S2. The zero-order chi connectivity index (χ0) is 25.4. The molecule has 11 heteroatoms. The lowest BCUT2D eigenvalue weighted by Crippen LogP contribution is -2.51. The Morgan fingerprint density at radius 2 is 1.57 bits per heavy atom. The lowest BCUT2D eigenvalue weighted by molar-refractivity contribution is -0.128. The molecule has 1 aliphatic heterocycles. The van der Waals surface area contributed by atoms with Crippen LogP contribution >= 0.6 is 11.6 Å². The first-order valence-electron chi connectivity index (χ1n) is 10.6. The van der Waals surface area contributed by atoms with Crippen LogP contribution in [-0.2, 0) is 24.7 Å². The average Bonchev–Trinajstić information content (AvgIpc) is 2.83. The fourth-order valence-electron chi connectivity index (χ4n) is 3.69. The van der Waals surface area contributed by atoms with Crippen molar-refractivity contribution in [1.82, 2.24) is 5.32 Å². The molecule has 1 N–H and O–H groups in total. The van der Waals surface area contributed by atoms with Crippen LogP contribution in [0.1, 0.15) is 18.5 Å². The minimum Gasteiger partial charge on any atom is -0.476 e. The molecule has 0 bridgehead atoms. The summed E-state index contributed by atoms with van der Waals surface area (Å²) in [7, 11) is -7.34. The number of sulfonamides is 1. The Balaban J connectivity index is 1.58. The monoisotopic (exact) mass is 534 g/mol. The maximum absolute atomic E-state index is 13.4. The Morgan fingerprint density at radius 1 is 0.971 bits per heavy atom. The molecule has 35 heavy (non-hydrogen) atoms. The third kappa shape index (κ3) is 5.29. The molecule has 0 aromatic heterocycles. The van der Waals surface area contributed by atoms with Crippen LogP contribution in [0.5, 0.6) is 5.75 Å². The van der Waals surface area contributed by atoms with Crippen LogP contribution in [0.25, 0.3) is 0 Å². The standard InChI is InChI=1S/C24H23ClN2O6S2/c1-16(17-7-11-19(12-8-17)34(2,29)30)26-24(28)23-15-27(21-5-3-4-6-22(21)33-23)35(31,32)20-13-9-18(25)10-14-20/h3-14,16,23H,15H2,1-2H3,(H,26,28)/t16-,23+/m1/s1. The lowest BCUT2D eigenvalue weighted by Gasteiger charge is -2.35. The molecule has 1 aliphatic rings. The van der Waals surface area contributed by atoms with Crippen molar-refractivity contribution in [3.05, 3.63) is 83.4 Å². The van der Waals surface area contributed by atoms with E-state index < -0.39 is 37.9 Å². The van der Waals surface area contributed by atoms with Crippen molar-refractivity contribution in [3.63, 3.8) is 0 Å². The van der Waals surface area contributed by atoms with Crippen molar-refractivity contribution in [2.75, 3.05) is 17.1 Å². The maximum atomic E-state index is 13.4. The molecule has 3 aromatic rings. The molecule has 184 valence electrons. The van der Waals surface area contributed by atoms with E-state index in [0.717, 1.165) is 10.6 Å². The van der Waals surface area contributed by atoms with Gasteiger partial charge in [-0.25, -0.2) is 16.8 Å². The number of benzene rings is 3. The molecule has 4 rings (SSSR count). The summed E-state index contributed by atoms with van der Waals surface area (Å²) in [5.41, 5.74) is 1.02. The van der Waals surface area contributed by atoms with Crippen molar-refractivity contribution >= 4 is 43.1 Å². The van der Waals surface area contributed by atoms with Gasteiger partial charge in [0.05, 0.1) is 28.1 Å². The van der Waals surface area contributed by atoms with Gasteiger partial charge in [0, 0.05) is 11.3 Å². The first-order valence-corrected chi connectivity index (χ1v) is 14.3. The van der Waals surface area contributed by atoms with E-state index in [-0.39, 0.29) is 22.1 Å². The number of rotatable bonds is 6. The summed E-state index contributed by atoms with van der Waals surface area (Å²) in [6, 6.07) is 18.1. The summed E-state index contributed by atoms with van der Waals surface area (Å²) in [6.07, 6.45) is 0.0136. The number of hydrogen-bond acceptors (Lipinski definition) is 6. The van der Waals surface area contributed by atoms with Crippen LogP contribution in [-0.4, -0.2) is 41.6 Å². The zero-order valence-electron chi connectivity index (χ0n) is 18.9. The van der Waals surface area contributed by atoms with Crippen molar-refractivity contribution in [1.29, 1.82) is 0 Å². The predicted molar refractivity (Wildman–Crippen MR) is 133 cm³/mol. The number of nitrogens with zero attached hydrogens (tertiary/aromatic N) is 1. The largest absolute Gasteiger partial charge is 0.476 e. The molecule has 0 spiro atoms. The summed E-state index contributed by atoms with van der Waals surface area (Å²) in [5, 5.41) is 3.23. The molecule has 1 amide bonds. The van der Waals surface area contributed by atoms with Gasteiger partial charge in [0.1, 0.15) is 5.75 Å². The zero-order valence-corrected chi connectivity index (χ0v) is 21.3. The van der Waals surface area contributed by atoms with Gasteiger partial charge in [-0.2, -0.15) is 0 Å². The number of carbonyl (C=O) groups is 1. The van der Waals surface area contributed by atoms with Gasteiger partial charge < -0.3 is 10.1 Å².